The van der Waals surface area contributed by atoms with Crippen molar-refractivity contribution >= 4 is 6.09 Å². The number of nitrogens with zero attached hydrogens (tertiary/aromatic N) is 2. The van der Waals surface area contributed by atoms with Gasteiger partial charge in [0.15, 0.2) is 0 Å². The second kappa shape index (κ2) is 7.31. The van der Waals surface area contributed by atoms with E-state index >= 15 is 0 Å². The Hall–Kier alpha value is -1.76. The summed E-state index contributed by atoms with van der Waals surface area (Å²) < 4.78 is 5.33. The second-order valence-electron chi connectivity index (χ2n) is 6.64. The number of hydrogen-bond acceptors (Lipinski definition) is 3. The molecule has 0 saturated heterocycles. The molecule has 0 aromatic heterocycles. The lowest BCUT2D eigenvalue weighted by Gasteiger charge is -2.26. The highest BCUT2D eigenvalue weighted by atomic mass is 16.6. The average molecular weight is 290 g/mol. The van der Waals surface area contributed by atoms with E-state index < -0.39 is 5.60 Å². The standard InChI is InChI=1S/C17H26N2O2/c1-13(15-8-6-14(12-18)7-9-15)10-11-19(5)16(20)21-17(2,3)4/h6,8,13H,7,9-11H2,1-5H3. The second-order valence-corrected chi connectivity index (χ2v) is 6.64. The molecule has 0 fully saturated rings. The van der Waals surface area contributed by atoms with E-state index in [0.29, 0.717) is 12.5 Å². The average Bonchev–Trinajstić information content (AvgIpc) is 2.42. The Bertz CT molecular complexity index is 478. The first-order valence-corrected chi connectivity index (χ1v) is 7.47. The first-order chi connectivity index (χ1) is 9.73. The van der Waals surface area contributed by atoms with Crippen LogP contribution < -0.4 is 0 Å². The van der Waals surface area contributed by atoms with Crippen LogP contribution in [0.4, 0.5) is 4.79 Å². The Morgan fingerprint density at radius 2 is 2.10 bits per heavy atom. The molecular weight excluding hydrogens is 264 g/mol. The zero-order valence-corrected chi connectivity index (χ0v) is 13.8. The minimum absolute atomic E-state index is 0.279. The Labute approximate surface area is 128 Å². The SMILES string of the molecule is CC(CCN(C)C(=O)OC(C)(C)C)C1=CC=C(C#N)CC1. The number of allylic oxidation sites excluding steroid dienone is 4. The van der Waals surface area contributed by atoms with Crippen LogP contribution in [0.3, 0.4) is 0 Å². The predicted octanol–water partition coefficient (Wildman–Crippen LogP) is 4.05. The minimum Gasteiger partial charge on any atom is -0.444 e. The molecule has 1 amide bonds. The van der Waals surface area contributed by atoms with Crippen molar-refractivity contribution in [2.24, 2.45) is 5.92 Å². The Balaban J connectivity index is 2.45. The molecule has 0 heterocycles. The molecule has 116 valence electrons. The Morgan fingerprint density at radius 3 is 2.57 bits per heavy atom. The monoisotopic (exact) mass is 290 g/mol. The molecule has 0 bridgehead atoms. The van der Waals surface area contributed by atoms with Crippen LogP contribution in [0, 0.1) is 17.2 Å². The van der Waals surface area contributed by atoms with Gasteiger partial charge >= 0.3 is 6.09 Å². The topological polar surface area (TPSA) is 53.3 Å². The van der Waals surface area contributed by atoms with Gasteiger partial charge in [-0.1, -0.05) is 18.6 Å². The van der Waals surface area contributed by atoms with Crippen LogP contribution >= 0.6 is 0 Å². The largest absolute Gasteiger partial charge is 0.444 e. The molecule has 0 aliphatic heterocycles. The molecule has 4 nitrogen and oxygen atoms in total. The van der Waals surface area contributed by atoms with Gasteiger partial charge in [0.25, 0.3) is 0 Å². The van der Waals surface area contributed by atoms with Crippen molar-refractivity contribution in [3.8, 4) is 6.07 Å². The van der Waals surface area contributed by atoms with E-state index in [2.05, 4.69) is 19.1 Å². The van der Waals surface area contributed by atoms with Crippen molar-refractivity contribution in [3.05, 3.63) is 23.3 Å². The van der Waals surface area contributed by atoms with Gasteiger partial charge in [-0.05, 0) is 52.0 Å². The van der Waals surface area contributed by atoms with Crippen LogP contribution in [-0.4, -0.2) is 30.2 Å². The summed E-state index contributed by atoms with van der Waals surface area (Å²) in [4.78, 5) is 13.5. The summed E-state index contributed by atoms with van der Waals surface area (Å²) in [6.45, 7) is 8.44. The summed E-state index contributed by atoms with van der Waals surface area (Å²) in [5.74, 6) is 0.409. The van der Waals surface area contributed by atoms with Gasteiger partial charge in [0.1, 0.15) is 5.60 Å². The maximum Gasteiger partial charge on any atom is 0.410 e. The van der Waals surface area contributed by atoms with E-state index in [1.165, 1.54) is 5.57 Å². The fourth-order valence-corrected chi connectivity index (χ4v) is 2.16. The van der Waals surface area contributed by atoms with Crippen molar-refractivity contribution in [2.75, 3.05) is 13.6 Å². The van der Waals surface area contributed by atoms with E-state index in [9.17, 15) is 4.79 Å². The van der Waals surface area contributed by atoms with Crippen LogP contribution in [0.5, 0.6) is 0 Å². The van der Waals surface area contributed by atoms with Crippen molar-refractivity contribution in [1.29, 1.82) is 5.26 Å². The molecule has 4 heteroatoms. The highest BCUT2D eigenvalue weighted by Crippen LogP contribution is 2.26. The van der Waals surface area contributed by atoms with Gasteiger partial charge in [-0.15, -0.1) is 0 Å². The van der Waals surface area contributed by atoms with E-state index in [1.54, 1.807) is 11.9 Å². The summed E-state index contributed by atoms with van der Waals surface area (Å²) in [6.07, 6.45) is 6.36. The summed E-state index contributed by atoms with van der Waals surface area (Å²) >= 11 is 0. The predicted molar refractivity (Wildman–Crippen MR) is 83.7 cm³/mol. The third kappa shape index (κ3) is 6.03. The molecule has 1 unspecified atom stereocenters. The molecule has 1 aliphatic carbocycles. The van der Waals surface area contributed by atoms with Gasteiger partial charge in [0.2, 0.25) is 0 Å². The van der Waals surface area contributed by atoms with Gasteiger partial charge in [-0.25, -0.2) is 4.79 Å². The van der Waals surface area contributed by atoms with Crippen LogP contribution in [0.1, 0.15) is 47.0 Å². The van der Waals surface area contributed by atoms with Gasteiger partial charge in [-0.3, -0.25) is 0 Å². The minimum atomic E-state index is -0.457. The van der Waals surface area contributed by atoms with E-state index in [4.69, 9.17) is 10.00 Å². The fourth-order valence-electron chi connectivity index (χ4n) is 2.16. The molecule has 0 saturated carbocycles. The smallest absolute Gasteiger partial charge is 0.410 e. The highest BCUT2D eigenvalue weighted by molar-refractivity contribution is 5.67. The summed E-state index contributed by atoms with van der Waals surface area (Å²) in [7, 11) is 1.77. The third-order valence-corrected chi connectivity index (χ3v) is 3.56. The number of nitriles is 1. The van der Waals surface area contributed by atoms with Gasteiger partial charge in [0.05, 0.1) is 6.07 Å². The number of amides is 1. The van der Waals surface area contributed by atoms with Gasteiger partial charge in [-0.2, -0.15) is 5.26 Å². The first-order valence-electron chi connectivity index (χ1n) is 7.47. The zero-order valence-electron chi connectivity index (χ0n) is 13.8. The lowest BCUT2D eigenvalue weighted by atomic mass is 9.88. The summed E-state index contributed by atoms with van der Waals surface area (Å²) in [5.41, 5.74) is 1.74. The fraction of sp³-hybridized carbons (Fsp3) is 0.647. The lowest BCUT2D eigenvalue weighted by Crippen LogP contribution is -2.35. The molecule has 21 heavy (non-hydrogen) atoms. The molecule has 1 aliphatic rings. The van der Waals surface area contributed by atoms with E-state index in [-0.39, 0.29) is 6.09 Å². The lowest BCUT2D eigenvalue weighted by molar-refractivity contribution is 0.0293. The number of carbonyl (C=O) groups is 1. The third-order valence-electron chi connectivity index (χ3n) is 3.56. The van der Waals surface area contributed by atoms with Crippen molar-refractivity contribution in [1.82, 2.24) is 4.90 Å². The highest BCUT2D eigenvalue weighted by Gasteiger charge is 2.20. The number of rotatable bonds is 4. The summed E-state index contributed by atoms with van der Waals surface area (Å²) in [5, 5.41) is 8.84. The molecule has 1 atom stereocenters. The van der Waals surface area contributed by atoms with Crippen molar-refractivity contribution in [3.63, 3.8) is 0 Å². The van der Waals surface area contributed by atoms with E-state index in [1.807, 2.05) is 26.8 Å². The van der Waals surface area contributed by atoms with Gasteiger partial charge < -0.3 is 9.64 Å². The van der Waals surface area contributed by atoms with Crippen LogP contribution in [0.15, 0.2) is 23.3 Å². The van der Waals surface area contributed by atoms with E-state index in [0.717, 1.165) is 24.8 Å². The molecular formula is C17H26N2O2. The Morgan fingerprint density at radius 1 is 1.43 bits per heavy atom. The van der Waals surface area contributed by atoms with Crippen molar-refractivity contribution < 1.29 is 9.53 Å². The van der Waals surface area contributed by atoms with Crippen LogP contribution in [0.25, 0.3) is 0 Å². The van der Waals surface area contributed by atoms with Crippen molar-refractivity contribution in [2.45, 2.75) is 52.6 Å². The van der Waals surface area contributed by atoms with Gasteiger partial charge in [0, 0.05) is 19.2 Å². The summed E-state index contributed by atoms with van der Waals surface area (Å²) in [6, 6.07) is 2.20. The molecule has 0 N–H and O–H groups in total. The Kier molecular flexibility index (Phi) is 6.02. The van der Waals surface area contributed by atoms with Crippen LogP contribution in [-0.2, 0) is 4.74 Å². The molecule has 0 aromatic rings. The maximum absolute atomic E-state index is 11.9. The maximum atomic E-state index is 11.9. The quantitative estimate of drug-likeness (QED) is 0.785. The normalized spacial score (nSPS) is 16.4. The molecule has 0 radical (unpaired) electrons. The molecule has 0 spiro atoms. The number of carbonyl (C=O) groups excluding carboxylic acids is 1. The van der Waals surface area contributed by atoms with Crippen LogP contribution in [0.2, 0.25) is 0 Å². The molecule has 1 rings (SSSR count). The molecule has 0 aromatic carbocycles. The number of hydrogen-bond donors (Lipinski definition) is 0. The zero-order chi connectivity index (χ0) is 16.0. The number of ether oxygens (including phenoxy) is 1. The first kappa shape index (κ1) is 17.3.